The second-order valence-corrected chi connectivity index (χ2v) is 10.8. The summed E-state index contributed by atoms with van der Waals surface area (Å²) in [5.41, 5.74) is 5.44. The minimum absolute atomic E-state index is 0.0198. The molecule has 1 aromatic heterocycles. The molecule has 1 saturated heterocycles. The predicted molar refractivity (Wildman–Crippen MR) is 165 cm³/mol. The van der Waals surface area contributed by atoms with Crippen molar-refractivity contribution in [2.75, 3.05) is 46.6 Å². The van der Waals surface area contributed by atoms with Gasteiger partial charge in [0.25, 0.3) is 11.8 Å². The molecule has 4 rings (SSSR count). The molecule has 2 amide bonds. The van der Waals surface area contributed by atoms with E-state index in [1.807, 2.05) is 54.6 Å². The highest BCUT2D eigenvalue weighted by Gasteiger charge is 2.27. The van der Waals surface area contributed by atoms with E-state index in [1.54, 1.807) is 11.9 Å². The number of morpholine rings is 1. The Morgan fingerprint density at radius 2 is 1.93 bits per heavy atom. The second kappa shape index (κ2) is 14.8. The number of alkyl halides is 1. The summed E-state index contributed by atoms with van der Waals surface area (Å²) in [6.07, 6.45) is 10.8. The van der Waals surface area contributed by atoms with E-state index >= 15 is 0 Å². The van der Waals surface area contributed by atoms with Crippen LogP contribution < -0.4 is 10.1 Å². The molecule has 2 aliphatic heterocycles. The molecule has 1 atom stereocenters. The summed E-state index contributed by atoms with van der Waals surface area (Å²) in [7, 11) is 3.61. The van der Waals surface area contributed by atoms with Gasteiger partial charge >= 0.3 is 0 Å². The van der Waals surface area contributed by atoms with Crippen molar-refractivity contribution >= 4 is 17.4 Å². The van der Waals surface area contributed by atoms with E-state index in [2.05, 4.69) is 37.3 Å². The summed E-state index contributed by atoms with van der Waals surface area (Å²) in [4.78, 5) is 30.2. The van der Waals surface area contributed by atoms with Gasteiger partial charge < -0.3 is 24.6 Å². The third-order valence-electron chi connectivity index (χ3n) is 7.80. The highest BCUT2D eigenvalue weighted by molar-refractivity contribution is 6.06. The van der Waals surface area contributed by atoms with Gasteiger partial charge in [0.1, 0.15) is 24.7 Å². The SMILES string of the molecule is CCC(C)=C(c1ccccc1OCCF)C(C)CC=C1C=C(NC(=O)c2c(C(=O)N3CCOCC3)cnn2C)C=CN1C. The number of rotatable bonds is 11. The second-order valence-electron chi connectivity index (χ2n) is 10.8. The number of aryl methyl sites for hydroxylation is 1. The zero-order chi connectivity index (χ0) is 30.9. The molecule has 9 nitrogen and oxygen atoms in total. The first-order chi connectivity index (χ1) is 20.7. The van der Waals surface area contributed by atoms with Crippen LogP contribution in [0.25, 0.3) is 5.57 Å². The minimum Gasteiger partial charge on any atom is -0.490 e. The van der Waals surface area contributed by atoms with Crippen molar-refractivity contribution in [3.63, 3.8) is 0 Å². The lowest BCUT2D eigenvalue weighted by Crippen LogP contribution is -2.41. The van der Waals surface area contributed by atoms with Crippen LogP contribution in [-0.4, -0.2) is 78.0 Å². The first-order valence-corrected chi connectivity index (χ1v) is 14.8. The summed E-state index contributed by atoms with van der Waals surface area (Å²) in [6.45, 7) is 7.82. The lowest BCUT2D eigenvalue weighted by molar-refractivity contribution is 0.0301. The minimum atomic E-state index is -0.543. The smallest absolute Gasteiger partial charge is 0.274 e. The summed E-state index contributed by atoms with van der Waals surface area (Å²) >= 11 is 0. The number of carbonyl (C=O) groups is 2. The van der Waals surface area contributed by atoms with Crippen LogP contribution in [0.3, 0.4) is 0 Å². The van der Waals surface area contributed by atoms with Gasteiger partial charge in [0.05, 0.1) is 25.0 Å². The number of carbonyl (C=O) groups excluding carboxylic acids is 2. The predicted octanol–water partition coefficient (Wildman–Crippen LogP) is 5.11. The number of amides is 2. The summed E-state index contributed by atoms with van der Waals surface area (Å²) in [5, 5.41) is 7.15. The van der Waals surface area contributed by atoms with Crippen molar-refractivity contribution in [2.24, 2.45) is 13.0 Å². The molecule has 0 aliphatic carbocycles. The van der Waals surface area contributed by atoms with Gasteiger partial charge in [-0.15, -0.1) is 0 Å². The van der Waals surface area contributed by atoms with Crippen LogP contribution in [0.15, 0.2) is 71.9 Å². The zero-order valence-electron chi connectivity index (χ0n) is 25.7. The van der Waals surface area contributed by atoms with Crippen molar-refractivity contribution in [1.29, 1.82) is 0 Å². The largest absolute Gasteiger partial charge is 0.490 e. The van der Waals surface area contributed by atoms with Crippen LogP contribution in [0, 0.1) is 5.92 Å². The number of benzene rings is 1. The molecule has 0 saturated carbocycles. The van der Waals surface area contributed by atoms with Gasteiger partial charge in [-0.3, -0.25) is 14.3 Å². The van der Waals surface area contributed by atoms with E-state index in [-0.39, 0.29) is 29.7 Å². The molecule has 3 heterocycles. The Morgan fingerprint density at radius 1 is 1.19 bits per heavy atom. The molecule has 230 valence electrons. The molecule has 2 aliphatic rings. The highest BCUT2D eigenvalue weighted by Crippen LogP contribution is 2.36. The molecule has 10 heteroatoms. The molecule has 43 heavy (non-hydrogen) atoms. The Bertz CT molecular complexity index is 1430. The van der Waals surface area contributed by atoms with E-state index in [1.165, 1.54) is 22.0 Å². The van der Waals surface area contributed by atoms with Crippen molar-refractivity contribution in [1.82, 2.24) is 24.9 Å². The Hall–Kier alpha value is -4.18. The van der Waals surface area contributed by atoms with Crippen LogP contribution in [-0.2, 0) is 11.8 Å². The third kappa shape index (κ3) is 7.62. The van der Waals surface area contributed by atoms with Crippen molar-refractivity contribution in [3.8, 4) is 5.75 Å². The van der Waals surface area contributed by atoms with Gasteiger partial charge in [-0.2, -0.15) is 5.10 Å². The monoisotopic (exact) mass is 591 g/mol. The third-order valence-corrected chi connectivity index (χ3v) is 7.80. The summed E-state index contributed by atoms with van der Waals surface area (Å²) in [6, 6.07) is 7.80. The first kappa shape index (κ1) is 31.7. The number of hydrogen-bond acceptors (Lipinski definition) is 6. The number of nitrogens with zero attached hydrogens (tertiary/aromatic N) is 4. The Balaban J connectivity index is 1.52. The van der Waals surface area contributed by atoms with Crippen LogP contribution in [0.1, 0.15) is 60.0 Å². The maximum atomic E-state index is 13.4. The molecule has 2 aromatic rings. The molecular formula is C33H42FN5O4. The van der Waals surface area contributed by atoms with E-state index in [0.29, 0.717) is 37.7 Å². The van der Waals surface area contributed by atoms with E-state index < -0.39 is 12.6 Å². The van der Waals surface area contributed by atoms with E-state index in [9.17, 15) is 14.0 Å². The number of allylic oxidation sites excluding steroid dienone is 5. The highest BCUT2D eigenvalue weighted by atomic mass is 19.1. The number of aromatic nitrogens is 2. The maximum Gasteiger partial charge on any atom is 0.274 e. The van der Waals surface area contributed by atoms with Crippen LogP contribution in [0.4, 0.5) is 4.39 Å². The fraction of sp³-hybridized carbons (Fsp3) is 0.424. The van der Waals surface area contributed by atoms with E-state index in [4.69, 9.17) is 9.47 Å². The maximum absolute atomic E-state index is 13.4. The number of ether oxygens (including phenoxy) is 2. The molecule has 0 bridgehead atoms. The zero-order valence-corrected chi connectivity index (χ0v) is 25.7. The van der Waals surface area contributed by atoms with Gasteiger partial charge in [0.2, 0.25) is 0 Å². The van der Waals surface area contributed by atoms with Gasteiger partial charge in [0, 0.05) is 50.3 Å². The number of likely N-dealkylation sites (N-methyl/N-ethyl adjacent to an activating group) is 1. The van der Waals surface area contributed by atoms with Gasteiger partial charge in [-0.25, -0.2) is 4.39 Å². The topological polar surface area (TPSA) is 88.9 Å². The summed E-state index contributed by atoms with van der Waals surface area (Å²) < 4.78 is 25.4. The van der Waals surface area contributed by atoms with Crippen LogP contribution >= 0.6 is 0 Å². The molecule has 1 aromatic carbocycles. The fourth-order valence-corrected chi connectivity index (χ4v) is 5.34. The first-order valence-electron chi connectivity index (χ1n) is 14.8. The Labute approximate surface area is 253 Å². The molecule has 1 unspecified atom stereocenters. The summed E-state index contributed by atoms with van der Waals surface area (Å²) in [5.74, 6) is 0.202. The lowest BCUT2D eigenvalue weighted by atomic mass is 9.86. The average Bonchev–Trinajstić information content (AvgIpc) is 3.42. The van der Waals surface area contributed by atoms with Gasteiger partial charge in [0.15, 0.2) is 0 Å². The molecule has 1 fully saturated rings. The Morgan fingerprint density at radius 3 is 2.65 bits per heavy atom. The van der Waals surface area contributed by atoms with Crippen molar-refractivity contribution in [2.45, 2.75) is 33.6 Å². The van der Waals surface area contributed by atoms with Gasteiger partial charge in [-0.1, -0.05) is 43.7 Å². The van der Waals surface area contributed by atoms with Gasteiger partial charge in [-0.05, 0) is 49.5 Å². The molecule has 0 radical (unpaired) electrons. The van der Waals surface area contributed by atoms with E-state index in [0.717, 1.165) is 24.1 Å². The fourth-order valence-electron chi connectivity index (χ4n) is 5.34. The number of para-hydroxylation sites is 1. The number of hydrogen-bond donors (Lipinski definition) is 1. The van der Waals surface area contributed by atoms with Crippen molar-refractivity contribution < 1.29 is 23.5 Å². The van der Waals surface area contributed by atoms with Crippen LogP contribution in [0.2, 0.25) is 0 Å². The lowest BCUT2D eigenvalue weighted by Gasteiger charge is -2.26. The van der Waals surface area contributed by atoms with Crippen molar-refractivity contribution in [3.05, 3.63) is 88.7 Å². The Kier molecular flexibility index (Phi) is 10.9. The van der Waals surface area contributed by atoms with Crippen LogP contribution in [0.5, 0.6) is 5.75 Å². The average molecular weight is 592 g/mol. The number of halogens is 1. The molecule has 1 N–H and O–H groups in total. The molecular weight excluding hydrogens is 549 g/mol. The quantitative estimate of drug-likeness (QED) is 0.391. The standard InChI is InChI=1S/C33H42FN5O4/c1-6-23(2)30(27-9-7-8-10-29(27)43-18-14-34)24(3)11-12-26-21-25(13-15-37(26)4)36-32(40)31-28(22-35-38(31)5)33(41)39-16-19-42-20-17-39/h7-10,12-13,15,21-22,24H,6,11,14,16-20H2,1-5H3,(H,36,40). The molecule has 0 spiro atoms. The number of nitrogens with one attached hydrogen (secondary N) is 1. The normalized spacial score (nSPS) is 17.4.